The molecule has 27 heavy (non-hydrogen) atoms. The van der Waals surface area contributed by atoms with Crippen LogP contribution in [0.1, 0.15) is 0 Å². The molecular formula is C14H12Cl2N4O5S2. The predicted octanol–water partition coefficient (Wildman–Crippen LogP) is 1.79. The molecule has 2 N–H and O–H groups in total. The van der Waals surface area contributed by atoms with Crippen LogP contribution in [0.25, 0.3) is 11.0 Å². The first-order valence-corrected chi connectivity index (χ1v) is 11.1. The SMILES string of the molecule is O=S(=O)(NCCNS(=O)(=O)c1cccc2nonc12)c1cc(Cl)ccc1Cl. The third-order valence-corrected chi connectivity index (χ3v) is 7.10. The lowest BCUT2D eigenvalue weighted by atomic mass is 10.3. The average Bonchev–Trinajstić information content (AvgIpc) is 3.09. The van der Waals surface area contributed by atoms with Crippen molar-refractivity contribution in [2.24, 2.45) is 0 Å². The fourth-order valence-corrected chi connectivity index (χ4v) is 5.18. The molecule has 0 saturated heterocycles. The Morgan fingerprint density at radius 3 is 2.26 bits per heavy atom. The summed E-state index contributed by atoms with van der Waals surface area (Å²) in [6.45, 7) is -0.418. The second-order valence-electron chi connectivity index (χ2n) is 5.26. The van der Waals surface area contributed by atoms with Crippen LogP contribution in [0.2, 0.25) is 10.0 Å². The van der Waals surface area contributed by atoms with E-state index < -0.39 is 20.0 Å². The van der Waals surface area contributed by atoms with Gasteiger partial charge in [0.2, 0.25) is 20.0 Å². The molecule has 0 aliphatic heterocycles. The van der Waals surface area contributed by atoms with Gasteiger partial charge in [0.1, 0.15) is 15.3 Å². The number of aromatic nitrogens is 2. The first kappa shape index (κ1) is 20.0. The highest BCUT2D eigenvalue weighted by Gasteiger charge is 2.21. The lowest BCUT2D eigenvalue weighted by Gasteiger charge is -2.10. The highest BCUT2D eigenvalue weighted by atomic mass is 35.5. The number of fused-ring (bicyclic) bond motifs is 1. The summed E-state index contributed by atoms with van der Waals surface area (Å²) in [4.78, 5) is -0.319. The Balaban J connectivity index is 1.67. The van der Waals surface area contributed by atoms with Crippen LogP contribution >= 0.6 is 23.2 Å². The minimum atomic E-state index is -3.96. The highest BCUT2D eigenvalue weighted by molar-refractivity contribution is 7.90. The number of hydrogen-bond acceptors (Lipinski definition) is 7. The fraction of sp³-hybridized carbons (Fsp3) is 0.143. The van der Waals surface area contributed by atoms with Crippen LogP contribution in [0.4, 0.5) is 0 Å². The minimum absolute atomic E-state index is 0.00214. The van der Waals surface area contributed by atoms with E-state index in [4.69, 9.17) is 23.2 Å². The van der Waals surface area contributed by atoms with Gasteiger partial charge in [-0.15, -0.1) is 0 Å². The Kier molecular flexibility index (Phi) is 5.70. The van der Waals surface area contributed by atoms with Gasteiger partial charge in [-0.2, -0.15) is 0 Å². The molecule has 9 nitrogen and oxygen atoms in total. The maximum atomic E-state index is 12.4. The van der Waals surface area contributed by atoms with Crippen LogP contribution in [0.5, 0.6) is 0 Å². The summed E-state index contributed by atoms with van der Waals surface area (Å²) in [5.41, 5.74) is 0.366. The van der Waals surface area contributed by atoms with Crippen LogP contribution in [0.3, 0.4) is 0 Å². The maximum absolute atomic E-state index is 12.4. The summed E-state index contributed by atoms with van der Waals surface area (Å²) in [5, 5.41) is 7.34. The van der Waals surface area contributed by atoms with Crippen LogP contribution in [-0.4, -0.2) is 40.2 Å². The van der Waals surface area contributed by atoms with Crippen molar-refractivity contribution in [2.45, 2.75) is 9.79 Å². The third kappa shape index (κ3) is 4.39. The van der Waals surface area contributed by atoms with Crippen molar-refractivity contribution in [2.75, 3.05) is 13.1 Å². The second-order valence-corrected chi connectivity index (χ2v) is 9.57. The largest absolute Gasteiger partial charge is 0.243 e. The number of benzene rings is 2. The molecule has 0 radical (unpaired) electrons. The molecule has 1 heterocycles. The lowest BCUT2D eigenvalue weighted by Crippen LogP contribution is -2.34. The third-order valence-electron chi connectivity index (χ3n) is 3.43. The molecule has 3 aromatic rings. The number of hydrogen-bond donors (Lipinski definition) is 2. The Morgan fingerprint density at radius 2 is 1.56 bits per heavy atom. The first-order valence-electron chi connectivity index (χ1n) is 7.36. The van der Waals surface area contributed by atoms with Crippen LogP contribution in [0.15, 0.2) is 50.8 Å². The van der Waals surface area contributed by atoms with Crippen molar-refractivity contribution in [3.8, 4) is 0 Å². The summed E-state index contributed by atoms with van der Waals surface area (Å²) >= 11 is 11.7. The number of nitrogens with one attached hydrogen (secondary N) is 2. The average molecular weight is 451 g/mol. The van der Waals surface area contributed by atoms with E-state index >= 15 is 0 Å². The highest BCUT2D eigenvalue weighted by Crippen LogP contribution is 2.24. The quantitative estimate of drug-likeness (QED) is 0.524. The number of sulfonamides is 2. The van der Waals surface area contributed by atoms with Crippen molar-refractivity contribution >= 4 is 54.3 Å². The summed E-state index contributed by atoms with van der Waals surface area (Å²) in [7, 11) is -7.91. The summed E-state index contributed by atoms with van der Waals surface area (Å²) in [6, 6.07) is 8.39. The molecule has 0 bridgehead atoms. The molecule has 3 rings (SSSR count). The molecule has 0 aliphatic carbocycles. The van der Waals surface area contributed by atoms with Gasteiger partial charge in [-0.1, -0.05) is 29.3 Å². The molecular weight excluding hydrogens is 439 g/mol. The van der Waals surface area contributed by atoms with Crippen LogP contribution in [0, 0.1) is 0 Å². The maximum Gasteiger partial charge on any atom is 0.242 e. The Labute approximate surface area is 164 Å². The van der Waals surface area contributed by atoms with Crippen molar-refractivity contribution in [1.29, 1.82) is 0 Å². The zero-order valence-corrected chi connectivity index (χ0v) is 16.5. The van der Waals surface area contributed by atoms with Gasteiger partial charge in [0.25, 0.3) is 0 Å². The zero-order chi connectivity index (χ0) is 19.7. The van der Waals surface area contributed by atoms with Gasteiger partial charge >= 0.3 is 0 Å². The van der Waals surface area contributed by atoms with E-state index in [0.717, 1.165) is 0 Å². The van der Waals surface area contributed by atoms with Crippen molar-refractivity contribution < 1.29 is 21.5 Å². The Hall–Kier alpha value is -1.76. The molecule has 0 amide bonds. The first-order chi connectivity index (χ1) is 12.7. The van der Waals surface area contributed by atoms with Gasteiger partial charge in [-0.25, -0.2) is 30.9 Å². The topological polar surface area (TPSA) is 131 Å². The van der Waals surface area contributed by atoms with Crippen LogP contribution < -0.4 is 9.44 Å². The predicted molar refractivity (Wildman–Crippen MR) is 98.6 cm³/mol. The molecule has 0 atom stereocenters. The number of nitrogens with zero attached hydrogens (tertiary/aromatic N) is 2. The van der Waals surface area contributed by atoms with E-state index in [-0.39, 0.29) is 44.0 Å². The zero-order valence-electron chi connectivity index (χ0n) is 13.4. The Bertz CT molecular complexity index is 1200. The second kappa shape index (κ2) is 7.70. The van der Waals surface area contributed by atoms with Crippen LogP contribution in [-0.2, 0) is 20.0 Å². The van der Waals surface area contributed by atoms with E-state index in [1.807, 2.05) is 0 Å². The van der Waals surface area contributed by atoms with Gasteiger partial charge < -0.3 is 0 Å². The van der Waals surface area contributed by atoms with E-state index in [1.54, 1.807) is 6.07 Å². The monoisotopic (exact) mass is 450 g/mol. The minimum Gasteiger partial charge on any atom is -0.243 e. The molecule has 0 unspecified atom stereocenters. The van der Waals surface area contributed by atoms with E-state index in [9.17, 15) is 16.8 Å². The van der Waals surface area contributed by atoms with E-state index in [2.05, 4.69) is 24.4 Å². The van der Waals surface area contributed by atoms with Gasteiger partial charge in [-0.05, 0) is 40.6 Å². The molecule has 0 spiro atoms. The normalized spacial score (nSPS) is 12.5. The van der Waals surface area contributed by atoms with Crippen molar-refractivity contribution in [1.82, 2.24) is 19.8 Å². The molecule has 0 fully saturated rings. The molecule has 0 saturated carbocycles. The summed E-state index contributed by atoms with van der Waals surface area (Å²) < 4.78 is 58.4. The van der Waals surface area contributed by atoms with Crippen molar-refractivity contribution in [3.63, 3.8) is 0 Å². The summed E-state index contributed by atoms with van der Waals surface area (Å²) in [6.07, 6.45) is 0. The number of halogens is 2. The van der Waals surface area contributed by atoms with Gasteiger partial charge in [-0.3, -0.25) is 0 Å². The van der Waals surface area contributed by atoms with Gasteiger partial charge in [0, 0.05) is 18.1 Å². The molecule has 144 valence electrons. The van der Waals surface area contributed by atoms with E-state index in [1.165, 1.54) is 30.3 Å². The van der Waals surface area contributed by atoms with E-state index in [0.29, 0.717) is 0 Å². The fourth-order valence-electron chi connectivity index (χ4n) is 2.21. The molecule has 0 aliphatic rings. The Morgan fingerprint density at radius 1 is 0.889 bits per heavy atom. The van der Waals surface area contributed by atoms with Crippen molar-refractivity contribution in [3.05, 3.63) is 46.4 Å². The lowest BCUT2D eigenvalue weighted by molar-refractivity contribution is 0.315. The van der Waals surface area contributed by atoms with Gasteiger partial charge in [0.15, 0.2) is 5.52 Å². The molecule has 1 aromatic heterocycles. The standard InChI is InChI=1S/C14H12Cl2N4O5S2/c15-9-4-5-10(16)13(8-9)27(23,24)18-7-6-17-26(21,22)12-3-1-2-11-14(12)20-25-19-11/h1-5,8,17-18H,6-7H2. The summed E-state index contributed by atoms with van der Waals surface area (Å²) in [5.74, 6) is 0. The van der Waals surface area contributed by atoms with Gasteiger partial charge in [0.05, 0.1) is 5.02 Å². The molecule has 13 heteroatoms. The molecule has 2 aromatic carbocycles. The smallest absolute Gasteiger partial charge is 0.242 e. The number of rotatable bonds is 7.